The third-order valence-corrected chi connectivity index (χ3v) is 2.81. The van der Waals surface area contributed by atoms with Crippen molar-refractivity contribution in [2.24, 2.45) is 0 Å². The van der Waals surface area contributed by atoms with Crippen molar-refractivity contribution in [1.29, 1.82) is 0 Å². The number of nitrogen functional groups attached to an aromatic ring is 1. The summed E-state index contributed by atoms with van der Waals surface area (Å²) in [5.41, 5.74) is 6.52. The van der Waals surface area contributed by atoms with Gasteiger partial charge in [-0.05, 0) is 40.8 Å². The van der Waals surface area contributed by atoms with Gasteiger partial charge >= 0.3 is 0 Å². The van der Waals surface area contributed by atoms with Gasteiger partial charge in [-0.25, -0.2) is 4.98 Å². The molecule has 5 heteroatoms. The summed E-state index contributed by atoms with van der Waals surface area (Å²) < 4.78 is 2.84. The monoisotopic (exact) mass is 319 g/mol. The van der Waals surface area contributed by atoms with E-state index in [2.05, 4.69) is 27.6 Å². The van der Waals surface area contributed by atoms with Crippen molar-refractivity contribution in [2.75, 3.05) is 5.73 Å². The van der Waals surface area contributed by atoms with E-state index in [0.29, 0.717) is 11.0 Å². The minimum Gasteiger partial charge on any atom is -0.369 e. The van der Waals surface area contributed by atoms with E-state index in [0.717, 1.165) is 9.26 Å². The minimum absolute atomic E-state index is 0.438. The fourth-order valence-corrected chi connectivity index (χ4v) is 2.14. The molecule has 0 amide bonds. The first-order valence-corrected chi connectivity index (χ1v) is 5.38. The Morgan fingerprint density at radius 1 is 1.43 bits per heavy atom. The van der Waals surface area contributed by atoms with Gasteiger partial charge in [0.1, 0.15) is 0 Å². The maximum absolute atomic E-state index is 6.08. The van der Waals surface area contributed by atoms with Crippen LogP contribution in [0.5, 0.6) is 0 Å². The molecule has 0 aliphatic heterocycles. The van der Waals surface area contributed by atoms with Crippen LogP contribution in [0.4, 0.5) is 5.95 Å². The molecule has 14 heavy (non-hydrogen) atoms. The largest absolute Gasteiger partial charge is 0.369 e. The van der Waals surface area contributed by atoms with Gasteiger partial charge in [0.15, 0.2) is 0 Å². The van der Waals surface area contributed by atoms with Crippen molar-refractivity contribution in [1.82, 2.24) is 9.55 Å². The number of imidazole rings is 1. The number of aromatic nitrogens is 2. The Bertz CT molecular complexity index is 467. The Morgan fingerprint density at radius 2 is 2.21 bits per heavy atom. The van der Waals surface area contributed by atoms with Crippen molar-refractivity contribution >= 4 is 40.1 Å². The van der Waals surface area contributed by atoms with Crippen LogP contribution in [0.15, 0.2) is 30.6 Å². The van der Waals surface area contributed by atoms with E-state index in [4.69, 9.17) is 17.3 Å². The standard InChI is InChI=1S/C9H7ClIN3/c10-7-5-6(11)1-2-8(7)14-4-3-13-9(14)12/h1-5H,(H2,12,13). The van der Waals surface area contributed by atoms with Gasteiger partial charge in [0, 0.05) is 16.0 Å². The Hall–Kier alpha value is -0.750. The summed E-state index contributed by atoms with van der Waals surface area (Å²) in [5.74, 6) is 0.438. The highest BCUT2D eigenvalue weighted by Crippen LogP contribution is 2.24. The molecule has 0 fully saturated rings. The molecule has 0 saturated carbocycles. The molecule has 0 aliphatic carbocycles. The highest BCUT2D eigenvalue weighted by Gasteiger charge is 2.05. The number of rotatable bonds is 1. The Balaban J connectivity index is 2.58. The van der Waals surface area contributed by atoms with Crippen LogP contribution in [0.1, 0.15) is 0 Å². The van der Waals surface area contributed by atoms with Crippen molar-refractivity contribution in [2.45, 2.75) is 0 Å². The summed E-state index contributed by atoms with van der Waals surface area (Å²) >= 11 is 8.29. The summed E-state index contributed by atoms with van der Waals surface area (Å²) in [4.78, 5) is 3.94. The van der Waals surface area contributed by atoms with E-state index in [-0.39, 0.29) is 0 Å². The maximum Gasteiger partial charge on any atom is 0.204 e. The molecule has 3 nitrogen and oxygen atoms in total. The van der Waals surface area contributed by atoms with Gasteiger partial charge in [-0.2, -0.15) is 0 Å². The molecule has 2 N–H and O–H groups in total. The summed E-state index contributed by atoms with van der Waals surface area (Å²) in [5, 5.41) is 0.668. The first kappa shape index (κ1) is 9.79. The lowest BCUT2D eigenvalue weighted by molar-refractivity contribution is 1.07. The number of nitrogens with zero attached hydrogens (tertiary/aromatic N) is 2. The molecular formula is C9H7ClIN3. The molecule has 2 aromatic rings. The predicted molar refractivity (Wildman–Crippen MR) is 65.7 cm³/mol. The zero-order valence-electron chi connectivity index (χ0n) is 7.11. The first-order chi connectivity index (χ1) is 6.68. The maximum atomic E-state index is 6.08. The van der Waals surface area contributed by atoms with Crippen LogP contribution < -0.4 is 5.73 Å². The van der Waals surface area contributed by atoms with Gasteiger partial charge < -0.3 is 5.73 Å². The lowest BCUT2D eigenvalue weighted by atomic mass is 10.3. The van der Waals surface area contributed by atoms with Crippen LogP contribution in [-0.2, 0) is 0 Å². The number of nitrogens with two attached hydrogens (primary N) is 1. The van der Waals surface area contributed by atoms with Crippen molar-refractivity contribution in [3.05, 3.63) is 39.2 Å². The summed E-state index contributed by atoms with van der Waals surface area (Å²) in [6.07, 6.45) is 3.42. The van der Waals surface area contributed by atoms with Gasteiger partial charge in [0.2, 0.25) is 5.95 Å². The van der Waals surface area contributed by atoms with Crippen LogP contribution in [0.2, 0.25) is 5.02 Å². The third-order valence-electron chi connectivity index (χ3n) is 1.84. The summed E-state index contributed by atoms with van der Waals surface area (Å²) in [6.45, 7) is 0. The van der Waals surface area contributed by atoms with Gasteiger partial charge in [-0.3, -0.25) is 4.57 Å². The van der Waals surface area contributed by atoms with E-state index in [1.807, 2.05) is 18.2 Å². The van der Waals surface area contributed by atoms with Gasteiger partial charge in [-0.15, -0.1) is 0 Å². The molecule has 0 bridgehead atoms. The molecule has 2 rings (SSSR count). The van der Waals surface area contributed by atoms with Crippen LogP contribution in [0, 0.1) is 3.57 Å². The second kappa shape index (κ2) is 3.78. The molecule has 1 heterocycles. The molecule has 72 valence electrons. The molecule has 1 aromatic heterocycles. The average Bonchev–Trinajstić information content (AvgIpc) is 2.52. The Kier molecular flexibility index (Phi) is 2.64. The van der Waals surface area contributed by atoms with E-state index in [1.54, 1.807) is 17.0 Å². The van der Waals surface area contributed by atoms with Gasteiger partial charge in [-0.1, -0.05) is 11.6 Å². The van der Waals surface area contributed by atoms with E-state index in [1.165, 1.54) is 0 Å². The van der Waals surface area contributed by atoms with Crippen LogP contribution in [0.25, 0.3) is 5.69 Å². The second-order valence-corrected chi connectivity index (χ2v) is 4.40. The highest BCUT2D eigenvalue weighted by molar-refractivity contribution is 14.1. The number of hydrogen-bond donors (Lipinski definition) is 1. The van der Waals surface area contributed by atoms with Crippen LogP contribution in [0.3, 0.4) is 0 Å². The normalized spacial score (nSPS) is 10.4. The fourth-order valence-electron chi connectivity index (χ4n) is 1.20. The van der Waals surface area contributed by atoms with Gasteiger partial charge in [0.05, 0.1) is 10.7 Å². The lowest BCUT2D eigenvalue weighted by Gasteiger charge is -2.06. The molecule has 0 aliphatic rings. The molecular weight excluding hydrogens is 312 g/mol. The number of halogens is 2. The quantitative estimate of drug-likeness (QED) is 0.821. The average molecular weight is 320 g/mol. The van der Waals surface area contributed by atoms with Crippen molar-refractivity contribution < 1.29 is 0 Å². The minimum atomic E-state index is 0.438. The molecule has 0 spiro atoms. The number of hydrogen-bond acceptors (Lipinski definition) is 2. The molecule has 0 unspecified atom stereocenters. The SMILES string of the molecule is Nc1nccn1-c1ccc(I)cc1Cl. The van der Waals surface area contributed by atoms with Crippen molar-refractivity contribution in [3.8, 4) is 5.69 Å². The molecule has 0 saturated heterocycles. The fraction of sp³-hybridized carbons (Fsp3) is 0. The van der Waals surface area contributed by atoms with Crippen LogP contribution >= 0.6 is 34.2 Å². The third kappa shape index (κ3) is 1.72. The van der Waals surface area contributed by atoms with E-state index in [9.17, 15) is 0 Å². The summed E-state index contributed by atoms with van der Waals surface area (Å²) in [7, 11) is 0. The topological polar surface area (TPSA) is 43.8 Å². The molecule has 1 aromatic carbocycles. The number of benzene rings is 1. The second-order valence-electron chi connectivity index (χ2n) is 2.75. The van der Waals surface area contributed by atoms with Gasteiger partial charge in [0.25, 0.3) is 0 Å². The van der Waals surface area contributed by atoms with Crippen LogP contribution in [-0.4, -0.2) is 9.55 Å². The lowest BCUT2D eigenvalue weighted by Crippen LogP contribution is -2.00. The first-order valence-electron chi connectivity index (χ1n) is 3.93. The highest BCUT2D eigenvalue weighted by atomic mass is 127. The zero-order chi connectivity index (χ0) is 10.1. The number of anilines is 1. The van der Waals surface area contributed by atoms with Crippen molar-refractivity contribution in [3.63, 3.8) is 0 Å². The Morgan fingerprint density at radius 3 is 2.79 bits per heavy atom. The predicted octanol–water partition coefficient (Wildman–Crippen LogP) is 2.71. The van der Waals surface area contributed by atoms with E-state index < -0.39 is 0 Å². The smallest absolute Gasteiger partial charge is 0.204 e. The van der Waals surface area contributed by atoms with E-state index >= 15 is 0 Å². The Labute approximate surface area is 100 Å². The molecule has 0 radical (unpaired) electrons. The summed E-state index contributed by atoms with van der Waals surface area (Å²) in [6, 6.07) is 5.78. The zero-order valence-corrected chi connectivity index (χ0v) is 10.0. The molecule has 0 atom stereocenters.